The van der Waals surface area contributed by atoms with Crippen LogP contribution in [0.15, 0.2) is 24.3 Å². The van der Waals surface area contributed by atoms with E-state index >= 15 is 0 Å². The van der Waals surface area contributed by atoms with E-state index in [0.29, 0.717) is 0 Å². The number of carbonyl (C=O) groups excluding carboxylic acids is 1. The highest BCUT2D eigenvalue weighted by Gasteiger charge is 2.55. The van der Waals surface area contributed by atoms with Crippen LogP contribution in [0.1, 0.15) is 13.8 Å². The molecule has 10 heteroatoms. The van der Waals surface area contributed by atoms with Crippen LogP contribution >= 0.6 is 0 Å². The molecule has 142 valence electrons. The fraction of sp³-hybridized carbons (Fsp3) is 0.562. The first-order valence-corrected chi connectivity index (χ1v) is 7.92. The molecule has 0 amide bonds. The normalized spacial score (nSPS) is 29.2. The topological polar surface area (TPSA) is 116 Å². The van der Waals surface area contributed by atoms with Gasteiger partial charge in [-0.1, -0.05) is 0 Å². The molecule has 1 aromatic carbocycles. The minimum absolute atomic E-state index is 0.109. The predicted octanol–water partition coefficient (Wildman–Crippen LogP) is 2.00. The molecule has 0 aromatic heterocycles. The molecule has 0 unspecified atom stereocenters. The molecule has 0 spiro atoms. The Labute approximate surface area is 149 Å². The fourth-order valence-corrected chi connectivity index (χ4v) is 2.88. The van der Waals surface area contributed by atoms with E-state index < -0.39 is 41.5 Å². The summed E-state index contributed by atoms with van der Waals surface area (Å²) in [5.41, 5.74) is -0.109. The zero-order chi connectivity index (χ0) is 18.9. The van der Waals surface area contributed by atoms with Crippen LogP contribution in [0.5, 0.6) is 5.75 Å². The van der Waals surface area contributed by atoms with Crippen molar-refractivity contribution >= 4 is 11.8 Å². The standard InChI is InChI=1S/C16H19NO9/c1-16(2)25-12-11(24-14(21-3)13(12)26-16)8-22-15(18)23-10-6-4-9(5-7-10)17(19)20/h4-7,11-14H,8H2,1-3H3/t11-,12+,13+,14+/m0/s1. The van der Waals surface area contributed by atoms with Crippen molar-refractivity contribution in [1.82, 2.24) is 0 Å². The molecular formula is C16H19NO9. The molecule has 1 aromatic rings. The second kappa shape index (κ2) is 7.16. The number of nitro groups is 1. The number of methoxy groups -OCH3 is 1. The molecule has 0 bridgehead atoms. The van der Waals surface area contributed by atoms with Crippen LogP contribution in [0.25, 0.3) is 0 Å². The first-order chi connectivity index (χ1) is 12.3. The van der Waals surface area contributed by atoms with Crippen LogP contribution < -0.4 is 4.74 Å². The quantitative estimate of drug-likeness (QED) is 0.332. The number of nitro benzene ring substituents is 1. The minimum Gasteiger partial charge on any atom is -0.431 e. The van der Waals surface area contributed by atoms with Gasteiger partial charge >= 0.3 is 6.16 Å². The largest absolute Gasteiger partial charge is 0.513 e. The smallest absolute Gasteiger partial charge is 0.431 e. The van der Waals surface area contributed by atoms with Crippen molar-refractivity contribution in [3.05, 3.63) is 34.4 Å². The summed E-state index contributed by atoms with van der Waals surface area (Å²) in [7, 11) is 1.49. The van der Waals surface area contributed by atoms with Gasteiger partial charge in [-0.2, -0.15) is 0 Å². The monoisotopic (exact) mass is 369 g/mol. The minimum atomic E-state index is -0.960. The van der Waals surface area contributed by atoms with E-state index in [0.717, 1.165) is 0 Å². The summed E-state index contributed by atoms with van der Waals surface area (Å²) >= 11 is 0. The molecule has 26 heavy (non-hydrogen) atoms. The van der Waals surface area contributed by atoms with E-state index in [4.69, 9.17) is 28.4 Å². The summed E-state index contributed by atoms with van der Waals surface area (Å²) in [5, 5.41) is 10.6. The van der Waals surface area contributed by atoms with Crippen LogP contribution in [0.4, 0.5) is 10.5 Å². The predicted molar refractivity (Wildman–Crippen MR) is 84.6 cm³/mol. The molecular weight excluding hydrogens is 350 g/mol. The summed E-state index contributed by atoms with van der Waals surface area (Å²) in [6.07, 6.45) is -3.02. The van der Waals surface area contributed by atoms with Crippen LogP contribution in [0.2, 0.25) is 0 Å². The number of non-ortho nitro benzene ring substituents is 1. The van der Waals surface area contributed by atoms with Crippen molar-refractivity contribution in [2.45, 2.75) is 44.2 Å². The van der Waals surface area contributed by atoms with Gasteiger partial charge in [0, 0.05) is 19.2 Å². The van der Waals surface area contributed by atoms with E-state index in [2.05, 4.69) is 0 Å². The molecule has 0 N–H and O–H groups in total. The van der Waals surface area contributed by atoms with E-state index in [1.165, 1.54) is 31.4 Å². The van der Waals surface area contributed by atoms with Gasteiger partial charge in [0.25, 0.3) is 5.69 Å². The number of carbonyl (C=O) groups is 1. The Bertz CT molecular complexity index is 675. The van der Waals surface area contributed by atoms with Gasteiger partial charge in [0.15, 0.2) is 12.1 Å². The number of ether oxygens (including phenoxy) is 6. The van der Waals surface area contributed by atoms with E-state index in [1.54, 1.807) is 13.8 Å². The van der Waals surface area contributed by atoms with Crippen molar-refractivity contribution in [2.75, 3.05) is 13.7 Å². The highest BCUT2D eigenvalue weighted by Crippen LogP contribution is 2.38. The first kappa shape index (κ1) is 18.5. The Morgan fingerprint density at radius 1 is 1.23 bits per heavy atom. The lowest BCUT2D eigenvalue weighted by molar-refractivity contribution is -0.384. The average molecular weight is 369 g/mol. The Kier molecular flexibility index (Phi) is 5.10. The number of fused-ring (bicyclic) bond motifs is 1. The van der Waals surface area contributed by atoms with Gasteiger partial charge in [0.2, 0.25) is 0 Å². The van der Waals surface area contributed by atoms with Crippen molar-refractivity contribution in [1.29, 1.82) is 0 Å². The Hall–Kier alpha value is -2.27. The lowest BCUT2D eigenvalue weighted by atomic mass is 10.1. The van der Waals surface area contributed by atoms with Crippen molar-refractivity contribution in [2.24, 2.45) is 0 Å². The Morgan fingerprint density at radius 3 is 2.50 bits per heavy atom. The fourth-order valence-electron chi connectivity index (χ4n) is 2.88. The second-order valence-corrected chi connectivity index (χ2v) is 6.26. The van der Waals surface area contributed by atoms with Gasteiger partial charge in [-0.3, -0.25) is 10.1 Å². The summed E-state index contributed by atoms with van der Waals surface area (Å²) in [6.45, 7) is 3.43. The molecule has 10 nitrogen and oxygen atoms in total. The zero-order valence-corrected chi connectivity index (χ0v) is 14.4. The third-order valence-corrected chi connectivity index (χ3v) is 3.95. The lowest BCUT2D eigenvalue weighted by Gasteiger charge is -2.23. The van der Waals surface area contributed by atoms with Crippen molar-refractivity contribution in [3.8, 4) is 5.75 Å². The van der Waals surface area contributed by atoms with Gasteiger partial charge < -0.3 is 28.4 Å². The summed E-state index contributed by atoms with van der Waals surface area (Å²) in [4.78, 5) is 21.9. The molecule has 2 heterocycles. The molecule has 2 aliphatic rings. The third-order valence-electron chi connectivity index (χ3n) is 3.95. The highest BCUT2D eigenvalue weighted by atomic mass is 16.8. The number of hydrogen-bond acceptors (Lipinski definition) is 9. The lowest BCUT2D eigenvalue weighted by Crippen LogP contribution is -2.34. The molecule has 3 rings (SSSR count). The van der Waals surface area contributed by atoms with Crippen LogP contribution in [-0.2, 0) is 23.7 Å². The van der Waals surface area contributed by atoms with Crippen LogP contribution in [-0.4, -0.2) is 55.2 Å². The average Bonchev–Trinajstić information content (AvgIpc) is 3.06. The van der Waals surface area contributed by atoms with Crippen molar-refractivity contribution in [3.63, 3.8) is 0 Å². The molecule has 0 radical (unpaired) electrons. The number of hydrogen-bond donors (Lipinski definition) is 0. The molecule has 2 aliphatic heterocycles. The summed E-state index contributed by atoms with van der Waals surface area (Å²) < 4.78 is 32.4. The van der Waals surface area contributed by atoms with Gasteiger partial charge in [0.1, 0.15) is 30.7 Å². The molecule has 4 atom stereocenters. The van der Waals surface area contributed by atoms with Crippen LogP contribution in [0.3, 0.4) is 0 Å². The maximum atomic E-state index is 11.8. The highest BCUT2D eigenvalue weighted by molar-refractivity contribution is 5.64. The molecule has 0 saturated carbocycles. The second-order valence-electron chi connectivity index (χ2n) is 6.26. The summed E-state index contributed by atoms with van der Waals surface area (Å²) in [5.74, 6) is -0.657. The number of nitrogens with zero attached hydrogens (tertiary/aromatic N) is 1. The van der Waals surface area contributed by atoms with Gasteiger partial charge in [-0.15, -0.1) is 0 Å². The van der Waals surface area contributed by atoms with E-state index in [9.17, 15) is 14.9 Å². The van der Waals surface area contributed by atoms with Gasteiger partial charge in [-0.05, 0) is 26.0 Å². The number of benzene rings is 1. The van der Waals surface area contributed by atoms with Gasteiger partial charge in [0.05, 0.1) is 4.92 Å². The molecule has 0 aliphatic carbocycles. The Morgan fingerprint density at radius 2 is 1.88 bits per heavy atom. The van der Waals surface area contributed by atoms with Crippen LogP contribution in [0, 0.1) is 10.1 Å². The molecule has 2 saturated heterocycles. The van der Waals surface area contributed by atoms with E-state index in [1.807, 2.05) is 0 Å². The maximum Gasteiger partial charge on any atom is 0.513 e. The Balaban J connectivity index is 1.53. The first-order valence-electron chi connectivity index (χ1n) is 7.92. The SMILES string of the molecule is CO[C@@H]1O[C@@H](COC(=O)Oc2ccc([N+](=O)[O-])cc2)[C@H]2OC(C)(C)O[C@@H]12. The van der Waals surface area contributed by atoms with Crippen molar-refractivity contribution < 1.29 is 38.1 Å². The third kappa shape index (κ3) is 3.93. The summed E-state index contributed by atoms with van der Waals surface area (Å²) in [6, 6.07) is 5.06. The van der Waals surface area contributed by atoms with E-state index in [-0.39, 0.29) is 18.0 Å². The maximum absolute atomic E-state index is 11.8. The van der Waals surface area contributed by atoms with Gasteiger partial charge in [-0.25, -0.2) is 4.79 Å². The molecule has 2 fully saturated rings. The number of rotatable bonds is 5. The zero-order valence-electron chi connectivity index (χ0n) is 14.4.